The van der Waals surface area contributed by atoms with E-state index in [1.54, 1.807) is 11.3 Å². The number of rotatable bonds is 4. The molecule has 0 radical (unpaired) electrons. The van der Waals surface area contributed by atoms with Gasteiger partial charge in [-0.2, -0.15) is 11.3 Å². The molecule has 2 aromatic rings. The fourth-order valence-corrected chi connectivity index (χ4v) is 3.12. The molecule has 0 bridgehead atoms. The maximum Gasteiger partial charge on any atom is 0.416 e. The van der Waals surface area contributed by atoms with E-state index in [9.17, 15) is 9.59 Å². The van der Waals surface area contributed by atoms with Crippen LogP contribution in [0.3, 0.4) is 0 Å². The van der Waals surface area contributed by atoms with Crippen molar-refractivity contribution in [3.63, 3.8) is 0 Å². The zero-order valence-corrected chi connectivity index (χ0v) is 12.2. The van der Waals surface area contributed by atoms with Crippen molar-refractivity contribution in [2.75, 3.05) is 6.61 Å². The van der Waals surface area contributed by atoms with Crippen molar-refractivity contribution in [1.82, 2.24) is 4.90 Å². The maximum atomic E-state index is 12.4. The Hall–Kier alpha value is -2.14. The van der Waals surface area contributed by atoms with Crippen LogP contribution in [0.2, 0.25) is 0 Å². The van der Waals surface area contributed by atoms with Gasteiger partial charge in [-0.05, 0) is 34.4 Å². The van der Waals surface area contributed by atoms with Gasteiger partial charge in [0, 0.05) is 0 Å². The Morgan fingerprint density at radius 3 is 2.76 bits per heavy atom. The Balaban J connectivity index is 1.71. The molecule has 1 aromatic heterocycles. The van der Waals surface area contributed by atoms with Gasteiger partial charge < -0.3 is 4.74 Å². The van der Waals surface area contributed by atoms with Crippen LogP contribution in [0.4, 0.5) is 4.79 Å². The third-order valence-electron chi connectivity index (χ3n) is 3.48. The molecule has 108 valence electrons. The number of imide groups is 1. The van der Waals surface area contributed by atoms with Crippen LogP contribution in [-0.2, 0) is 22.4 Å². The number of thiophene rings is 1. The second kappa shape index (κ2) is 6.10. The average molecular weight is 301 g/mol. The Bertz CT molecular complexity index is 624. The maximum absolute atomic E-state index is 12.4. The van der Waals surface area contributed by atoms with Gasteiger partial charge in [0.15, 0.2) is 0 Å². The molecular formula is C16H15NO3S. The monoisotopic (exact) mass is 301 g/mol. The van der Waals surface area contributed by atoms with Crippen LogP contribution >= 0.6 is 11.3 Å². The number of cyclic esters (lactones) is 1. The minimum absolute atomic E-state index is 0.197. The minimum atomic E-state index is -0.531. The molecule has 2 heterocycles. The molecule has 1 aromatic carbocycles. The molecule has 4 nitrogen and oxygen atoms in total. The number of carbonyl (C=O) groups is 2. The predicted octanol–water partition coefficient (Wildman–Crippen LogP) is 2.88. The molecule has 1 unspecified atom stereocenters. The van der Waals surface area contributed by atoms with Crippen LogP contribution in [0.1, 0.15) is 11.1 Å². The van der Waals surface area contributed by atoms with Crippen molar-refractivity contribution in [2.45, 2.75) is 18.9 Å². The highest BCUT2D eigenvalue weighted by atomic mass is 32.1. The van der Waals surface area contributed by atoms with E-state index in [-0.39, 0.29) is 25.0 Å². The number of hydrogen-bond donors (Lipinski definition) is 0. The lowest BCUT2D eigenvalue weighted by molar-refractivity contribution is -0.128. The summed E-state index contributed by atoms with van der Waals surface area (Å²) in [5.41, 5.74) is 2.03. The van der Waals surface area contributed by atoms with Gasteiger partial charge in [0.2, 0.25) is 5.91 Å². The van der Waals surface area contributed by atoms with Gasteiger partial charge in [-0.25, -0.2) is 9.69 Å². The summed E-state index contributed by atoms with van der Waals surface area (Å²) < 4.78 is 5.06. The van der Waals surface area contributed by atoms with Gasteiger partial charge in [0.25, 0.3) is 0 Å². The van der Waals surface area contributed by atoms with Crippen LogP contribution in [0.5, 0.6) is 0 Å². The molecule has 0 aliphatic carbocycles. The summed E-state index contributed by atoms with van der Waals surface area (Å²) in [6.45, 7) is 0.267. The van der Waals surface area contributed by atoms with Crippen molar-refractivity contribution >= 4 is 23.3 Å². The van der Waals surface area contributed by atoms with E-state index in [0.29, 0.717) is 6.42 Å². The molecule has 2 amide bonds. The summed E-state index contributed by atoms with van der Waals surface area (Å²) in [4.78, 5) is 25.5. The molecule has 1 fully saturated rings. The molecule has 1 aliphatic heterocycles. The van der Waals surface area contributed by atoms with E-state index in [1.807, 2.05) is 47.2 Å². The third-order valence-corrected chi connectivity index (χ3v) is 4.21. The number of ether oxygens (including phenoxy) is 1. The first kappa shape index (κ1) is 13.8. The molecular weight excluding hydrogens is 286 g/mol. The molecule has 0 N–H and O–H groups in total. The Morgan fingerprint density at radius 2 is 2.05 bits per heavy atom. The molecule has 0 saturated carbocycles. The highest BCUT2D eigenvalue weighted by Gasteiger charge is 2.37. The van der Waals surface area contributed by atoms with Crippen molar-refractivity contribution in [3.05, 3.63) is 58.3 Å². The SMILES string of the molecule is O=C(Cc1ccsc1)N1C(=O)OCC1Cc1ccccc1. The summed E-state index contributed by atoms with van der Waals surface area (Å²) in [7, 11) is 0. The second-order valence-electron chi connectivity index (χ2n) is 4.99. The molecule has 0 spiro atoms. The standard InChI is InChI=1S/C16H15NO3S/c18-15(9-13-6-7-21-11-13)17-14(10-20-16(17)19)8-12-4-2-1-3-5-12/h1-7,11,14H,8-10H2. The summed E-state index contributed by atoms with van der Waals surface area (Å²) in [6, 6.07) is 11.5. The van der Waals surface area contributed by atoms with E-state index in [4.69, 9.17) is 4.74 Å². The highest BCUT2D eigenvalue weighted by Crippen LogP contribution is 2.19. The van der Waals surface area contributed by atoms with Gasteiger partial charge in [-0.1, -0.05) is 30.3 Å². The third kappa shape index (κ3) is 3.13. The van der Waals surface area contributed by atoms with Gasteiger partial charge >= 0.3 is 6.09 Å². The fourth-order valence-electron chi connectivity index (χ4n) is 2.46. The van der Waals surface area contributed by atoms with Gasteiger partial charge in [0.05, 0.1) is 12.5 Å². The van der Waals surface area contributed by atoms with Gasteiger partial charge in [-0.3, -0.25) is 4.79 Å². The molecule has 5 heteroatoms. The Labute approximate surface area is 127 Å². The Morgan fingerprint density at radius 1 is 1.24 bits per heavy atom. The lowest BCUT2D eigenvalue weighted by Crippen LogP contribution is -2.41. The number of benzene rings is 1. The zero-order valence-electron chi connectivity index (χ0n) is 11.4. The van der Waals surface area contributed by atoms with Crippen molar-refractivity contribution in [2.24, 2.45) is 0 Å². The minimum Gasteiger partial charge on any atom is -0.447 e. The molecule has 3 rings (SSSR count). The van der Waals surface area contributed by atoms with E-state index in [2.05, 4.69) is 0 Å². The second-order valence-corrected chi connectivity index (χ2v) is 5.77. The number of amides is 2. The topological polar surface area (TPSA) is 46.6 Å². The van der Waals surface area contributed by atoms with Gasteiger partial charge in [-0.15, -0.1) is 0 Å². The van der Waals surface area contributed by atoms with E-state index < -0.39 is 6.09 Å². The predicted molar refractivity (Wildman–Crippen MR) is 80.2 cm³/mol. The van der Waals surface area contributed by atoms with Crippen LogP contribution in [-0.4, -0.2) is 29.5 Å². The lowest BCUT2D eigenvalue weighted by Gasteiger charge is -2.19. The smallest absolute Gasteiger partial charge is 0.416 e. The lowest BCUT2D eigenvalue weighted by atomic mass is 10.1. The fraction of sp³-hybridized carbons (Fsp3) is 0.250. The first-order valence-corrected chi connectivity index (χ1v) is 7.72. The van der Waals surface area contributed by atoms with E-state index in [1.165, 1.54) is 4.90 Å². The summed E-state index contributed by atoms with van der Waals surface area (Å²) in [6.07, 6.45) is 0.336. The normalized spacial score (nSPS) is 17.8. The largest absolute Gasteiger partial charge is 0.447 e. The number of carbonyl (C=O) groups excluding carboxylic acids is 2. The molecule has 1 aliphatic rings. The Kier molecular flexibility index (Phi) is 4.01. The zero-order chi connectivity index (χ0) is 14.7. The van der Waals surface area contributed by atoms with Crippen LogP contribution in [0.15, 0.2) is 47.2 Å². The van der Waals surface area contributed by atoms with Crippen LogP contribution in [0, 0.1) is 0 Å². The number of hydrogen-bond acceptors (Lipinski definition) is 4. The van der Waals surface area contributed by atoms with E-state index in [0.717, 1.165) is 11.1 Å². The van der Waals surface area contributed by atoms with Crippen molar-refractivity contribution in [1.29, 1.82) is 0 Å². The highest BCUT2D eigenvalue weighted by molar-refractivity contribution is 7.08. The van der Waals surface area contributed by atoms with Crippen molar-refractivity contribution < 1.29 is 14.3 Å². The first-order chi connectivity index (χ1) is 10.2. The summed E-state index contributed by atoms with van der Waals surface area (Å²) in [5, 5.41) is 3.85. The molecule has 1 atom stereocenters. The van der Waals surface area contributed by atoms with Crippen molar-refractivity contribution in [3.8, 4) is 0 Å². The molecule has 1 saturated heterocycles. The summed E-state index contributed by atoms with van der Waals surface area (Å²) >= 11 is 1.54. The molecule has 21 heavy (non-hydrogen) atoms. The average Bonchev–Trinajstić information content (AvgIpc) is 3.10. The number of nitrogens with zero attached hydrogens (tertiary/aromatic N) is 1. The van der Waals surface area contributed by atoms with E-state index >= 15 is 0 Å². The van der Waals surface area contributed by atoms with Crippen LogP contribution < -0.4 is 0 Å². The van der Waals surface area contributed by atoms with Crippen LogP contribution in [0.25, 0.3) is 0 Å². The quantitative estimate of drug-likeness (QED) is 0.872. The van der Waals surface area contributed by atoms with Gasteiger partial charge in [0.1, 0.15) is 6.61 Å². The first-order valence-electron chi connectivity index (χ1n) is 6.78. The summed E-state index contributed by atoms with van der Waals surface area (Å²) in [5.74, 6) is -0.197.